The highest BCUT2D eigenvalue weighted by Crippen LogP contribution is 2.25. The van der Waals surface area contributed by atoms with Gasteiger partial charge >= 0.3 is 0 Å². The summed E-state index contributed by atoms with van der Waals surface area (Å²) in [5.74, 6) is 0.764. The van der Waals surface area contributed by atoms with Crippen molar-refractivity contribution in [1.29, 1.82) is 0 Å². The fourth-order valence-corrected chi connectivity index (χ4v) is 2.06. The van der Waals surface area contributed by atoms with Gasteiger partial charge < -0.3 is 5.73 Å². The van der Waals surface area contributed by atoms with E-state index in [2.05, 4.69) is 19.9 Å². The van der Waals surface area contributed by atoms with Gasteiger partial charge in [-0.25, -0.2) is 0 Å². The molecule has 0 bridgehead atoms. The third-order valence-corrected chi connectivity index (χ3v) is 3.61. The van der Waals surface area contributed by atoms with Gasteiger partial charge in [0.05, 0.1) is 0 Å². The highest BCUT2D eigenvalue weighted by atomic mass is 16.1. The highest BCUT2D eigenvalue weighted by molar-refractivity contribution is 6.00. The van der Waals surface area contributed by atoms with Gasteiger partial charge in [0.2, 0.25) is 0 Å². The minimum atomic E-state index is -0.434. The van der Waals surface area contributed by atoms with Gasteiger partial charge in [-0.2, -0.15) is 0 Å². The summed E-state index contributed by atoms with van der Waals surface area (Å²) < 4.78 is 0. The fourth-order valence-electron chi connectivity index (χ4n) is 2.06. The van der Waals surface area contributed by atoms with Crippen LogP contribution in [0.3, 0.4) is 0 Å². The molecule has 1 aromatic carbocycles. The topological polar surface area (TPSA) is 43.1 Å². The van der Waals surface area contributed by atoms with Crippen LogP contribution in [0.2, 0.25) is 0 Å². The number of ketones is 1. The van der Waals surface area contributed by atoms with Crippen molar-refractivity contribution < 1.29 is 4.79 Å². The van der Waals surface area contributed by atoms with Crippen LogP contribution in [-0.4, -0.2) is 12.3 Å². The molecule has 2 N–H and O–H groups in total. The van der Waals surface area contributed by atoms with Crippen molar-refractivity contribution in [3.05, 3.63) is 35.4 Å². The van der Waals surface area contributed by atoms with Gasteiger partial charge in [-0.1, -0.05) is 45.9 Å². The normalized spacial score (nSPS) is 14.6. The molecular formula is C16H25NO. The van der Waals surface area contributed by atoms with Crippen LogP contribution >= 0.6 is 0 Å². The van der Waals surface area contributed by atoms with E-state index in [-0.39, 0.29) is 5.78 Å². The third-order valence-electron chi connectivity index (χ3n) is 3.61. The standard InChI is InChI=1S/C16H25NO/c1-5-16(4,11-17)15(18)14-8-6-7-13(10-14)9-12(2)3/h6-8,10,12H,5,9,11,17H2,1-4H3. The molecule has 1 unspecified atom stereocenters. The van der Waals surface area contributed by atoms with E-state index >= 15 is 0 Å². The zero-order valence-electron chi connectivity index (χ0n) is 12.0. The monoisotopic (exact) mass is 247 g/mol. The van der Waals surface area contributed by atoms with Gasteiger partial charge in [0.25, 0.3) is 0 Å². The Bertz CT molecular complexity index is 405. The minimum absolute atomic E-state index is 0.165. The fraction of sp³-hybridized carbons (Fsp3) is 0.562. The molecule has 2 nitrogen and oxygen atoms in total. The van der Waals surface area contributed by atoms with E-state index < -0.39 is 5.41 Å². The van der Waals surface area contributed by atoms with Crippen LogP contribution in [0.4, 0.5) is 0 Å². The summed E-state index contributed by atoms with van der Waals surface area (Å²) in [6.07, 6.45) is 1.78. The number of rotatable bonds is 6. The van der Waals surface area contributed by atoms with Crippen LogP contribution in [0.5, 0.6) is 0 Å². The van der Waals surface area contributed by atoms with E-state index in [0.29, 0.717) is 12.5 Å². The molecule has 100 valence electrons. The van der Waals surface area contributed by atoms with Crippen LogP contribution in [0.1, 0.15) is 50.0 Å². The molecule has 0 fully saturated rings. The first-order valence-corrected chi connectivity index (χ1v) is 6.76. The molecule has 0 aliphatic heterocycles. The molecular weight excluding hydrogens is 222 g/mol. The molecule has 0 heterocycles. The summed E-state index contributed by atoms with van der Waals surface area (Å²) in [5, 5.41) is 0. The van der Waals surface area contributed by atoms with Crippen molar-refractivity contribution in [3.63, 3.8) is 0 Å². The molecule has 0 saturated heterocycles. The van der Waals surface area contributed by atoms with Crippen LogP contribution in [0, 0.1) is 11.3 Å². The molecule has 0 saturated carbocycles. The lowest BCUT2D eigenvalue weighted by atomic mass is 9.79. The SMILES string of the molecule is CCC(C)(CN)C(=O)c1cccc(CC(C)C)c1. The molecule has 18 heavy (non-hydrogen) atoms. The van der Waals surface area contributed by atoms with Crippen molar-refractivity contribution >= 4 is 5.78 Å². The van der Waals surface area contributed by atoms with Gasteiger partial charge in [0.15, 0.2) is 5.78 Å². The van der Waals surface area contributed by atoms with Crippen molar-refractivity contribution in [2.75, 3.05) is 6.54 Å². The van der Waals surface area contributed by atoms with E-state index in [4.69, 9.17) is 5.73 Å². The summed E-state index contributed by atoms with van der Waals surface area (Å²) >= 11 is 0. The molecule has 0 aliphatic carbocycles. The Morgan fingerprint density at radius 3 is 2.56 bits per heavy atom. The van der Waals surface area contributed by atoms with Gasteiger partial charge in [0, 0.05) is 17.5 Å². The Kier molecular flexibility index (Phi) is 5.09. The predicted octanol–water partition coefficient (Wildman–Crippen LogP) is 3.44. The van der Waals surface area contributed by atoms with E-state index in [1.54, 1.807) is 0 Å². The summed E-state index contributed by atoms with van der Waals surface area (Å²) in [4.78, 5) is 12.5. The average Bonchev–Trinajstić information content (AvgIpc) is 2.36. The number of hydrogen-bond donors (Lipinski definition) is 1. The first-order chi connectivity index (χ1) is 8.42. The second-order valence-electron chi connectivity index (χ2n) is 5.75. The molecule has 2 heteroatoms. The van der Waals surface area contributed by atoms with E-state index in [1.165, 1.54) is 5.56 Å². The summed E-state index contributed by atoms with van der Waals surface area (Å²) in [6, 6.07) is 7.97. The lowest BCUT2D eigenvalue weighted by molar-refractivity contribution is 0.0820. The van der Waals surface area contributed by atoms with E-state index in [9.17, 15) is 4.79 Å². The maximum atomic E-state index is 12.5. The Morgan fingerprint density at radius 1 is 1.39 bits per heavy atom. The molecule has 1 atom stereocenters. The molecule has 0 amide bonds. The molecule has 0 spiro atoms. The average molecular weight is 247 g/mol. The van der Waals surface area contributed by atoms with Crippen molar-refractivity contribution in [2.24, 2.45) is 17.1 Å². The first-order valence-electron chi connectivity index (χ1n) is 6.76. The molecule has 1 rings (SSSR count). The first kappa shape index (κ1) is 14.9. The van der Waals surface area contributed by atoms with Crippen molar-refractivity contribution in [1.82, 2.24) is 0 Å². The maximum absolute atomic E-state index is 12.5. The highest BCUT2D eigenvalue weighted by Gasteiger charge is 2.30. The molecule has 0 radical (unpaired) electrons. The van der Waals surface area contributed by atoms with Gasteiger partial charge in [-0.05, 0) is 30.4 Å². The van der Waals surface area contributed by atoms with Crippen LogP contribution in [-0.2, 0) is 6.42 Å². The second-order valence-corrected chi connectivity index (χ2v) is 5.75. The van der Waals surface area contributed by atoms with Gasteiger partial charge in [-0.3, -0.25) is 4.79 Å². The van der Waals surface area contributed by atoms with Gasteiger partial charge in [0.1, 0.15) is 0 Å². The summed E-state index contributed by atoms with van der Waals surface area (Å²) in [5.41, 5.74) is 7.34. The number of nitrogens with two attached hydrogens (primary N) is 1. The Hall–Kier alpha value is -1.15. The molecule has 0 aliphatic rings. The molecule has 0 aromatic heterocycles. The van der Waals surface area contributed by atoms with Crippen LogP contribution in [0.25, 0.3) is 0 Å². The minimum Gasteiger partial charge on any atom is -0.329 e. The van der Waals surface area contributed by atoms with Crippen molar-refractivity contribution in [2.45, 2.75) is 40.5 Å². The lowest BCUT2D eigenvalue weighted by Gasteiger charge is -2.24. The Balaban J connectivity index is 2.99. The Morgan fingerprint density at radius 2 is 2.06 bits per heavy atom. The van der Waals surface area contributed by atoms with Crippen LogP contribution in [0.15, 0.2) is 24.3 Å². The second kappa shape index (κ2) is 6.14. The van der Waals surface area contributed by atoms with E-state index in [0.717, 1.165) is 18.4 Å². The predicted molar refractivity (Wildman–Crippen MR) is 76.8 cm³/mol. The van der Waals surface area contributed by atoms with E-state index in [1.807, 2.05) is 32.0 Å². The third kappa shape index (κ3) is 3.42. The number of carbonyl (C=O) groups excluding carboxylic acids is 1. The smallest absolute Gasteiger partial charge is 0.169 e. The largest absolute Gasteiger partial charge is 0.329 e. The number of Topliss-reactive ketones (excluding diaryl/α,β-unsaturated/α-hetero) is 1. The van der Waals surface area contributed by atoms with Gasteiger partial charge in [-0.15, -0.1) is 0 Å². The quantitative estimate of drug-likeness (QED) is 0.782. The zero-order chi connectivity index (χ0) is 13.8. The van der Waals surface area contributed by atoms with Crippen molar-refractivity contribution in [3.8, 4) is 0 Å². The molecule has 1 aromatic rings. The maximum Gasteiger partial charge on any atom is 0.169 e. The zero-order valence-corrected chi connectivity index (χ0v) is 12.0. The Labute approximate surface area is 111 Å². The lowest BCUT2D eigenvalue weighted by Crippen LogP contribution is -2.35. The summed E-state index contributed by atoms with van der Waals surface area (Å²) in [6.45, 7) is 8.74. The number of hydrogen-bond acceptors (Lipinski definition) is 2. The number of benzene rings is 1. The summed E-state index contributed by atoms with van der Waals surface area (Å²) in [7, 11) is 0. The van der Waals surface area contributed by atoms with Crippen LogP contribution < -0.4 is 5.73 Å². The number of carbonyl (C=O) groups is 1.